The molecule has 2 aromatic rings. The van der Waals surface area contributed by atoms with E-state index in [9.17, 15) is 13.9 Å². The van der Waals surface area contributed by atoms with Gasteiger partial charge in [0.1, 0.15) is 5.58 Å². The van der Waals surface area contributed by atoms with Gasteiger partial charge >= 0.3 is 0 Å². The van der Waals surface area contributed by atoms with Crippen LogP contribution < -0.4 is 0 Å². The molecule has 1 aromatic carbocycles. The van der Waals surface area contributed by atoms with Crippen LogP contribution in [0.3, 0.4) is 0 Å². The normalized spacial score (nSPS) is 19.2. The van der Waals surface area contributed by atoms with Crippen LogP contribution in [-0.4, -0.2) is 29.0 Å². The molecule has 114 valence electrons. The Morgan fingerprint density at radius 2 is 1.95 bits per heavy atom. The SMILES string of the molecule is OCc1coc2c(CN3CCC(F)(F)CC3)cc(Br)cc12. The highest BCUT2D eigenvalue weighted by Gasteiger charge is 2.34. The smallest absolute Gasteiger partial charge is 0.250 e. The lowest BCUT2D eigenvalue weighted by Gasteiger charge is -2.31. The first-order valence-corrected chi connectivity index (χ1v) is 7.67. The molecule has 0 atom stereocenters. The summed E-state index contributed by atoms with van der Waals surface area (Å²) in [4.78, 5) is 2.01. The number of furan rings is 1. The number of alkyl halides is 2. The van der Waals surface area contributed by atoms with Gasteiger partial charge in [0, 0.05) is 53.5 Å². The number of likely N-dealkylation sites (tertiary alicyclic amines) is 1. The minimum atomic E-state index is -2.53. The molecule has 21 heavy (non-hydrogen) atoms. The number of aliphatic hydroxyl groups is 1. The van der Waals surface area contributed by atoms with E-state index in [0.29, 0.717) is 19.6 Å². The zero-order valence-electron chi connectivity index (χ0n) is 11.4. The molecule has 0 radical (unpaired) electrons. The van der Waals surface area contributed by atoms with Crippen molar-refractivity contribution in [1.29, 1.82) is 0 Å². The zero-order valence-corrected chi connectivity index (χ0v) is 13.0. The summed E-state index contributed by atoms with van der Waals surface area (Å²) in [6.45, 7) is 1.26. The van der Waals surface area contributed by atoms with E-state index in [-0.39, 0.29) is 19.4 Å². The molecular weight excluding hydrogens is 344 g/mol. The molecule has 3 rings (SSSR count). The van der Waals surface area contributed by atoms with E-state index in [0.717, 1.165) is 26.6 Å². The van der Waals surface area contributed by atoms with Crippen LogP contribution in [0.1, 0.15) is 24.0 Å². The number of nitrogens with zero attached hydrogens (tertiary/aromatic N) is 1. The zero-order chi connectivity index (χ0) is 15.0. The lowest BCUT2D eigenvalue weighted by molar-refractivity contribution is -0.0566. The Kier molecular flexibility index (Phi) is 4.03. The van der Waals surface area contributed by atoms with Gasteiger partial charge in [-0.25, -0.2) is 8.78 Å². The summed E-state index contributed by atoms with van der Waals surface area (Å²) in [5, 5.41) is 10.2. The molecule has 0 amide bonds. The topological polar surface area (TPSA) is 36.6 Å². The van der Waals surface area contributed by atoms with Crippen molar-refractivity contribution in [1.82, 2.24) is 4.90 Å². The highest BCUT2D eigenvalue weighted by atomic mass is 79.9. The average Bonchev–Trinajstić information content (AvgIpc) is 2.84. The van der Waals surface area contributed by atoms with Crippen molar-refractivity contribution in [3.05, 3.63) is 34.0 Å². The molecule has 3 nitrogen and oxygen atoms in total. The van der Waals surface area contributed by atoms with Crippen LogP contribution in [0.5, 0.6) is 0 Å². The standard InChI is InChI=1S/C15H16BrF2NO2/c16-12-5-10(7-19-3-1-15(17,18)2-4-19)14-13(6-12)11(8-20)9-21-14/h5-6,9,20H,1-4,7-8H2. The third-order valence-corrected chi connectivity index (χ3v) is 4.41. The Hall–Kier alpha value is -0.980. The first-order valence-electron chi connectivity index (χ1n) is 6.88. The molecule has 0 unspecified atom stereocenters. The van der Waals surface area contributed by atoms with E-state index >= 15 is 0 Å². The molecular formula is C15H16BrF2NO2. The van der Waals surface area contributed by atoms with Crippen LogP contribution in [0.15, 0.2) is 27.3 Å². The number of piperidine rings is 1. The summed E-state index contributed by atoms with van der Waals surface area (Å²) in [7, 11) is 0. The number of hydrogen-bond acceptors (Lipinski definition) is 3. The first-order chi connectivity index (χ1) is 9.98. The summed E-state index contributed by atoms with van der Waals surface area (Å²) >= 11 is 3.45. The molecule has 1 aliphatic rings. The summed E-state index contributed by atoms with van der Waals surface area (Å²) in [5.41, 5.74) is 2.40. The molecule has 1 aliphatic heterocycles. The molecule has 0 bridgehead atoms. The van der Waals surface area contributed by atoms with Crippen LogP contribution in [0.2, 0.25) is 0 Å². The predicted octanol–water partition coefficient (Wildman–Crippen LogP) is 3.92. The van der Waals surface area contributed by atoms with Crippen molar-refractivity contribution in [2.45, 2.75) is 31.9 Å². The second-order valence-corrected chi connectivity index (χ2v) is 6.41. The minimum Gasteiger partial charge on any atom is -0.464 e. The maximum Gasteiger partial charge on any atom is 0.250 e. The largest absolute Gasteiger partial charge is 0.464 e. The fraction of sp³-hybridized carbons (Fsp3) is 0.467. The van der Waals surface area contributed by atoms with Gasteiger partial charge in [-0.05, 0) is 12.1 Å². The van der Waals surface area contributed by atoms with Gasteiger partial charge in [0.25, 0.3) is 5.92 Å². The molecule has 2 heterocycles. The molecule has 6 heteroatoms. The highest BCUT2D eigenvalue weighted by molar-refractivity contribution is 9.10. The third-order valence-electron chi connectivity index (χ3n) is 3.95. The predicted molar refractivity (Wildman–Crippen MR) is 79.3 cm³/mol. The van der Waals surface area contributed by atoms with Gasteiger partial charge in [0.05, 0.1) is 12.9 Å². The number of rotatable bonds is 3. The molecule has 0 spiro atoms. The average molecular weight is 360 g/mol. The Morgan fingerprint density at radius 3 is 2.62 bits per heavy atom. The maximum absolute atomic E-state index is 13.2. The monoisotopic (exact) mass is 359 g/mol. The summed E-state index contributed by atoms with van der Waals surface area (Å²) in [6.07, 6.45) is 1.36. The van der Waals surface area contributed by atoms with Gasteiger partial charge in [-0.15, -0.1) is 0 Å². The van der Waals surface area contributed by atoms with Crippen LogP contribution in [-0.2, 0) is 13.2 Å². The Morgan fingerprint density at radius 1 is 1.24 bits per heavy atom. The number of hydrogen-bond donors (Lipinski definition) is 1. The summed E-state index contributed by atoms with van der Waals surface area (Å²) in [6, 6.07) is 3.85. The summed E-state index contributed by atoms with van der Waals surface area (Å²) < 4.78 is 32.8. The number of fused-ring (bicyclic) bond motifs is 1. The Bertz CT molecular complexity index is 646. The van der Waals surface area contributed by atoms with Crippen molar-refractivity contribution in [3.63, 3.8) is 0 Å². The molecule has 0 saturated carbocycles. The van der Waals surface area contributed by atoms with Crippen LogP contribution in [0.25, 0.3) is 11.0 Å². The van der Waals surface area contributed by atoms with Gasteiger partial charge in [-0.1, -0.05) is 15.9 Å². The second-order valence-electron chi connectivity index (χ2n) is 5.49. The number of benzene rings is 1. The van der Waals surface area contributed by atoms with E-state index < -0.39 is 5.92 Å². The van der Waals surface area contributed by atoms with Gasteiger partial charge in [-0.3, -0.25) is 4.90 Å². The van der Waals surface area contributed by atoms with E-state index in [1.807, 2.05) is 17.0 Å². The fourth-order valence-corrected chi connectivity index (χ4v) is 3.25. The van der Waals surface area contributed by atoms with E-state index in [4.69, 9.17) is 4.42 Å². The molecule has 0 aliphatic carbocycles. The van der Waals surface area contributed by atoms with Crippen LogP contribution in [0, 0.1) is 0 Å². The third kappa shape index (κ3) is 3.12. The maximum atomic E-state index is 13.2. The van der Waals surface area contributed by atoms with E-state index in [1.165, 1.54) is 0 Å². The van der Waals surface area contributed by atoms with Crippen LogP contribution in [0.4, 0.5) is 8.78 Å². The van der Waals surface area contributed by atoms with Crippen molar-refractivity contribution in [2.24, 2.45) is 0 Å². The van der Waals surface area contributed by atoms with Gasteiger partial charge in [-0.2, -0.15) is 0 Å². The van der Waals surface area contributed by atoms with Crippen molar-refractivity contribution >= 4 is 26.9 Å². The summed E-state index contributed by atoms with van der Waals surface area (Å²) in [5.74, 6) is -2.53. The van der Waals surface area contributed by atoms with Crippen molar-refractivity contribution in [3.8, 4) is 0 Å². The highest BCUT2D eigenvalue weighted by Crippen LogP contribution is 2.32. The van der Waals surface area contributed by atoms with E-state index in [2.05, 4.69) is 15.9 Å². The van der Waals surface area contributed by atoms with E-state index in [1.54, 1.807) is 6.26 Å². The molecule has 1 aromatic heterocycles. The lowest BCUT2D eigenvalue weighted by Crippen LogP contribution is -2.38. The van der Waals surface area contributed by atoms with Gasteiger partial charge in [0.15, 0.2) is 0 Å². The van der Waals surface area contributed by atoms with Crippen molar-refractivity contribution < 1.29 is 18.3 Å². The minimum absolute atomic E-state index is 0.0845. The number of halogens is 3. The fourth-order valence-electron chi connectivity index (χ4n) is 2.74. The van der Waals surface area contributed by atoms with Gasteiger partial charge < -0.3 is 9.52 Å². The second kappa shape index (κ2) is 5.66. The number of aliphatic hydroxyl groups excluding tert-OH is 1. The molecule has 1 N–H and O–H groups in total. The Balaban J connectivity index is 1.85. The molecule has 1 saturated heterocycles. The van der Waals surface area contributed by atoms with Crippen molar-refractivity contribution in [2.75, 3.05) is 13.1 Å². The van der Waals surface area contributed by atoms with Gasteiger partial charge in [0.2, 0.25) is 0 Å². The first kappa shape index (κ1) is 14.9. The van der Waals surface area contributed by atoms with Crippen LogP contribution >= 0.6 is 15.9 Å². The quantitative estimate of drug-likeness (QED) is 0.902. The Labute approximate surface area is 129 Å². The molecule has 1 fully saturated rings. The lowest BCUT2D eigenvalue weighted by atomic mass is 10.0.